The molecule has 0 radical (unpaired) electrons. The Kier molecular flexibility index (Phi) is 3.27. The lowest BCUT2D eigenvalue weighted by Crippen LogP contribution is -2.25. The molecule has 1 fully saturated rings. The number of thiophene rings is 1. The Morgan fingerprint density at radius 1 is 1.64 bits per heavy atom. The quantitative estimate of drug-likeness (QED) is 0.901. The average molecular weight is 276 g/mol. The molecule has 0 amide bonds. The highest BCUT2D eigenvalue weighted by molar-refractivity contribution is 9.10. The van der Waals surface area contributed by atoms with E-state index >= 15 is 0 Å². The lowest BCUT2D eigenvalue weighted by Gasteiger charge is -2.18. The Balaban J connectivity index is 2.09. The number of halogens is 1. The zero-order valence-electron chi connectivity index (χ0n) is 8.07. The van der Waals surface area contributed by atoms with Gasteiger partial charge in [-0.1, -0.05) is 0 Å². The van der Waals surface area contributed by atoms with E-state index in [2.05, 4.69) is 28.2 Å². The molecule has 1 saturated heterocycles. The van der Waals surface area contributed by atoms with Crippen LogP contribution in [0.4, 0.5) is 0 Å². The molecule has 3 atom stereocenters. The van der Waals surface area contributed by atoms with Gasteiger partial charge in [-0.2, -0.15) is 0 Å². The fourth-order valence-electron chi connectivity index (χ4n) is 1.81. The van der Waals surface area contributed by atoms with Crippen LogP contribution in [0.5, 0.6) is 0 Å². The first-order valence-electron chi connectivity index (χ1n) is 4.82. The molecule has 2 heterocycles. The number of ether oxygens (including phenoxy) is 1. The van der Waals surface area contributed by atoms with Gasteiger partial charge >= 0.3 is 0 Å². The first-order chi connectivity index (χ1) is 6.68. The van der Waals surface area contributed by atoms with E-state index in [1.54, 1.807) is 11.3 Å². The van der Waals surface area contributed by atoms with E-state index in [-0.39, 0.29) is 12.1 Å². The van der Waals surface area contributed by atoms with Crippen LogP contribution < -0.4 is 5.73 Å². The molecule has 0 aliphatic carbocycles. The lowest BCUT2D eigenvalue weighted by molar-refractivity contribution is 0.0407. The third-order valence-corrected chi connectivity index (χ3v) is 4.58. The van der Waals surface area contributed by atoms with Crippen molar-refractivity contribution in [1.82, 2.24) is 0 Å². The predicted molar refractivity (Wildman–Crippen MR) is 62.5 cm³/mol. The molecular formula is C10H14BrNOS. The topological polar surface area (TPSA) is 35.2 Å². The Labute approximate surface area is 96.6 Å². The Morgan fingerprint density at radius 2 is 2.43 bits per heavy atom. The number of nitrogens with two attached hydrogens (primary N) is 1. The summed E-state index contributed by atoms with van der Waals surface area (Å²) in [7, 11) is 0. The summed E-state index contributed by atoms with van der Waals surface area (Å²) < 4.78 is 6.87. The van der Waals surface area contributed by atoms with Crippen LogP contribution in [-0.4, -0.2) is 12.2 Å². The van der Waals surface area contributed by atoms with Gasteiger partial charge in [-0.05, 0) is 47.1 Å². The molecule has 2 nitrogen and oxygen atoms in total. The van der Waals surface area contributed by atoms with Crippen molar-refractivity contribution in [3.63, 3.8) is 0 Å². The van der Waals surface area contributed by atoms with Crippen molar-refractivity contribution in [2.45, 2.75) is 38.0 Å². The van der Waals surface area contributed by atoms with Gasteiger partial charge in [-0.15, -0.1) is 11.3 Å². The molecule has 1 aliphatic heterocycles. The third kappa shape index (κ3) is 2.03. The minimum absolute atomic E-state index is 0.0225. The predicted octanol–water partition coefficient (Wildman–Crippen LogP) is 3.08. The molecule has 0 saturated carbocycles. The van der Waals surface area contributed by atoms with Crippen molar-refractivity contribution >= 4 is 27.3 Å². The molecule has 1 aromatic heterocycles. The zero-order chi connectivity index (χ0) is 10.1. The van der Waals surface area contributed by atoms with Crippen LogP contribution in [0.3, 0.4) is 0 Å². The van der Waals surface area contributed by atoms with E-state index in [9.17, 15) is 0 Å². The van der Waals surface area contributed by atoms with E-state index in [4.69, 9.17) is 10.5 Å². The Morgan fingerprint density at radius 3 is 2.93 bits per heavy atom. The lowest BCUT2D eigenvalue weighted by atomic mass is 10.1. The van der Waals surface area contributed by atoms with Gasteiger partial charge in [0.15, 0.2) is 0 Å². The van der Waals surface area contributed by atoms with Crippen LogP contribution in [0, 0.1) is 0 Å². The van der Waals surface area contributed by atoms with Gasteiger partial charge in [0.05, 0.1) is 18.2 Å². The molecule has 4 heteroatoms. The molecule has 0 spiro atoms. The maximum atomic E-state index is 6.16. The smallest absolute Gasteiger partial charge is 0.0780 e. The Hall–Kier alpha value is 0.1000. The largest absolute Gasteiger partial charge is 0.373 e. The van der Waals surface area contributed by atoms with E-state index < -0.39 is 0 Å². The summed E-state index contributed by atoms with van der Waals surface area (Å²) in [5.41, 5.74) is 6.16. The SMILES string of the molecule is CC1CCC(C(N)c2sccc2Br)O1. The first-order valence-corrected chi connectivity index (χ1v) is 6.49. The van der Waals surface area contributed by atoms with Crippen molar-refractivity contribution in [1.29, 1.82) is 0 Å². The molecule has 0 aromatic carbocycles. The van der Waals surface area contributed by atoms with E-state index in [0.29, 0.717) is 6.10 Å². The van der Waals surface area contributed by atoms with Crippen molar-refractivity contribution in [3.05, 3.63) is 20.8 Å². The fourth-order valence-corrected chi connectivity index (χ4v) is 3.50. The van der Waals surface area contributed by atoms with Crippen molar-refractivity contribution in [2.75, 3.05) is 0 Å². The van der Waals surface area contributed by atoms with Crippen LogP contribution >= 0.6 is 27.3 Å². The number of hydrogen-bond acceptors (Lipinski definition) is 3. The molecule has 14 heavy (non-hydrogen) atoms. The molecule has 0 bridgehead atoms. The summed E-state index contributed by atoms with van der Waals surface area (Å²) in [6, 6.07) is 2.06. The summed E-state index contributed by atoms with van der Waals surface area (Å²) in [5.74, 6) is 0. The van der Waals surface area contributed by atoms with Gasteiger partial charge in [-0.25, -0.2) is 0 Å². The molecule has 1 aliphatic rings. The molecule has 3 unspecified atom stereocenters. The van der Waals surface area contributed by atoms with E-state index in [1.807, 2.05) is 6.07 Å². The summed E-state index contributed by atoms with van der Waals surface area (Å²) in [4.78, 5) is 1.20. The van der Waals surface area contributed by atoms with E-state index in [0.717, 1.165) is 17.3 Å². The van der Waals surface area contributed by atoms with Gasteiger partial charge in [0.2, 0.25) is 0 Å². The first kappa shape index (κ1) is 10.6. The highest BCUT2D eigenvalue weighted by Gasteiger charge is 2.29. The monoisotopic (exact) mass is 275 g/mol. The summed E-state index contributed by atoms with van der Waals surface area (Å²) in [5, 5.41) is 2.05. The second-order valence-electron chi connectivity index (χ2n) is 3.72. The van der Waals surface area contributed by atoms with Crippen molar-refractivity contribution in [3.8, 4) is 0 Å². The normalized spacial score (nSPS) is 29.4. The highest BCUT2D eigenvalue weighted by atomic mass is 79.9. The molecule has 2 N–H and O–H groups in total. The minimum atomic E-state index is 0.0225. The minimum Gasteiger partial charge on any atom is -0.373 e. The third-order valence-electron chi connectivity index (χ3n) is 2.61. The van der Waals surface area contributed by atoms with Gasteiger partial charge in [0.25, 0.3) is 0 Å². The number of hydrogen-bond donors (Lipinski definition) is 1. The van der Waals surface area contributed by atoms with Crippen LogP contribution in [0.25, 0.3) is 0 Å². The van der Waals surface area contributed by atoms with Crippen molar-refractivity contribution in [2.24, 2.45) is 5.73 Å². The Bertz CT molecular complexity index is 315. The molecule has 78 valence electrons. The maximum absolute atomic E-state index is 6.16. The second-order valence-corrected chi connectivity index (χ2v) is 5.52. The van der Waals surface area contributed by atoms with E-state index in [1.165, 1.54) is 4.88 Å². The van der Waals surface area contributed by atoms with Gasteiger partial charge in [-0.3, -0.25) is 0 Å². The number of rotatable bonds is 2. The van der Waals surface area contributed by atoms with Gasteiger partial charge < -0.3 is 10.5 Å². The maximum Gasteiger partial charge on any atom is 0.0780 e. The van der Waals surface area contributed by atoms with Crippen molar-refractivity contribution < 1.29 is 4.74 Å². The molecule has 1 aromatic rings. The standard InChI is InChI=1S/C10H14BrNOS/c1-6-2-3-8(13-6)9(12)10-7(11)4-5-14-10/h4-6,8-9H,2-3,12H2,1H3. The summed E-state index contributed by atoms with van der Waals surface area (Å²) in [6.45, 7) is 2.11. The average Bonchev–Trinajstić information content (AvgIpc) is 2.73. The fraction of sp³-hybridized carbons (Fsp3) is 0.600. The van der Waals surface area contributed by atoms with Crippen LogP contribution in [0.15, 0.2) is 15.9 Å². The summed E-state index contributed by atoms with van der Waals surface area (Å²) >= 11 is 5.20. The van der Waals surface area contributed by atoms with Crippen LogP contribution in [-0.2, 0) is 4.74 Å². The molecular weight excluding hydrogens is 262 g/mol. The highest BCUT2D eigenvalue weighted by Crippen LogP contribution is 2.34. The van der Waals surface area contributed by atoms with Gasteiger partial charge in [0.1, 0.15) is 0 Å². The van der Waals surface area contributed by atoms with Crippen LogP contribution in [0.1, 0.15) is 30.7 Å². The second kappa shape index (κ2) is 4.31. The zero-order valence-corrected chi connectivity index (χ0v) is 10.5. The van der Waals surface area contributed by atoms with Gasteiger partial charge in [0, 0.05) is 9.35 Å². The molecule has 2 rings (SSSR count). The summed E-state index contributed by atoms with van der Waals surface area (Å²) in [6.07, 6.45) is 2.76. The van der Waals surface area contributed by atoms with Crippen LogP contribution in [0.2, 0.25) is 0 Å².